The molecule has 0 aliphatic carbocycles. The molecule has 0 bridgehead atoms. The van der Waals surface area contributed by atoms with Crippen LogP contribution in [0.4, 0.5) is 0 Å². The van der Waals surface area contributed by atoms with Gasteiger partial charge in [0, 0.05) is 11.1 Å². The molecule has 0 spiro atoms. The van der Waals surface area contributed by atoms with Crippen LogP contribution in [-0.2, 0) is 4.57 Å². The van der Waals surface area contributed by atoms with Gasteiger partial charge in [0.15, 0.2) is 14.2 Å². The van der Waals surface area contributed by atoms with Crippen molar-refractivity contribution >= 4 is 14.2 Å². The maximum Gasteiger partial charge on any atom is 0.193 e. The average molecular weight is 439 g/mol. The summed E-state index contributed by atoms with van der Waals surface area (Å²) in [6, 6.07) is 11.9. The van der Waals surface area contributed by atoms with E-state index in [0.717, 1.165) is 35.1 Å². The fourth-order valence-corrected chi connectivity index (χ4v) is 5.21. The summed E-state index contributed by atoms with van der Waals surface area (Å²) in [6.45, 7) is 8.31. The Morgan fingerprint density at radius 3 is 1.97 bits per heavy atom. The Balaban J connectivity index is 2.01. The third kappa shape index (κ3) is 7.69. The molecule has 2 nitrogen and oxygen atoms in total. The summed E-state index contributed by atoms with van der Waals surface area (Å²) in [4.78, 5) is 13.5. The van der Waals surface area contributed by atoms with E-state index in [-0.39, 0.29) is 19.9 Å². The first-order valence-electron chi connectivity index (χ1n) is 12.0. The Kier molecular flexibility index (Phi) is 11.2. The molecule has 0 aliphatic rings. The summed E-state index contributed by atoms with van der Waals surface area (Å²) < 4.78 is 12.0. The van der Waals surface area contributed by atoms with E-state index in [4.69, 9.17) is 0 Å². The molecule has 2 rings (SSSR count). The zero-order chi connectivity index (χ0) is 22.6. The Morgan fingerprint density at radius 1 is 0.839 bits per heavy atom. The van der Waals surface area contributed by atoms with Gasteiger partial charge in [0.25, 0.3) is 0 Å². The largest absolute Gasteiger partial charge is 0.289 e. The van der Waals surface area contributed by atoms with E-state index in [0.29, 0.717) is 5.56 Å². The van der Waals surface area contributed by atoms with Crippen LogP contribution in [-0.4, -0.2) is 5.78 Å². The summed E-state index contributed by atoms with van der Waals surface area (Å²) in [6.07, 6.45) is 12.3. The number of hydrogen-bond donors (Lipinski definition) is 0. The monoisotopic (exact) mass is 438 g/mol. The summed E-state index contributed by atoms with van der Waals surface area (Å²) >= 11 is 0. The van der Waals surface area contributed by atoms with E-state index in [1.54, 1.807) is 0 Å². The van der Waals surface area contributed by atoms with Crippen LogP contribution in [0.3, 0.4) is 0 Å². The molecular weight excluding hydrogens is 399 g/mol. The van der Waals surface area contributed by atoms with Crippen LogP contribution >= 0.6 is 8.46 Å². The van der Waals surface area contributed by atoms with E-state index >= 15 is 0 Å². The topological polar surface area (TPSA) is 34.1 Å². The number of hydrogen-bond acceptors (Lipinski definition) is 2. The maximum absolute atomic E-state index is 13.5. The van der Waals surface area contributed by atoms with Crippen molar-refractivity contribution < 1.29 is 9.36 Å². The van der Waals surface area contributed by atoms with Crippen molar-refractivity contribution in [3.05, 3.63) is 69.8 Å². The summed E-state index contributed by atoms with van der Waals surface area (Å²) in [5, 5.41) is 0. The molecule has 31 heavy (non-hydrogen) atoms. The highest BCUT2D eigenvalue weighted by atomic mass is 31.1. The van der Waals surface area contributed by atoms with Crippen LogP contribution in [0, 0.1) is 20.8 Å². The lowest BCUT2D eigenvalue weighted by Crippen LogP contribution is -2.10. The van der Waals surface area contributed by atoms with Gasteiger partial charge in [-0.2, -0.15) is 0 Å². The fourth-order valence-electron chi connectivity index (χ4n) is 4.58. The summed E-state index contributed by atoms with van der Waals surface area (Å²) in [5.74, 6) is 0.0475. The molecule has 0 saturated carbocycles. The maximum atomic E-state index is 13.5. The minimum Gasteiger partial charge on any atom is -0.289 e. The second kappa shape index (κ2) is 13.6. The van der Waals surface area contributed by atoms with E-state index in [1.165, 1.54) is 56.9 Å². The van der Waals surface area contributed by atoms with Crippen molar-refractivity contribution in [1.29, 1.82) is 0 Å². The molecule has 0 amide bonds. The molecule has 2 aromatic carbocycles. The van der Waals surface area contributed by atoms with Gasteiger partial charge in [-0.25, -0.2) is 0 Å². The Bertz CT molecular complexity index is 833. The molecule has 1 atom stereocenters. The van der Waals surface area contributed by atoms with Crippen molar-refractivity contribution in [1.82, 2.24) is 0 Å². The number of benzene rings is 2. The van der Waals surface area contributed by atoms with Crippen molar-refractivity contribution in [3.8, 4) is 0 Å². The number of unbranched alkanes of at least 4 members (excludes halogenated alkanes) is 8. The number of ketones is 1. The standard InChI is InChI=1S/C28H39O2P/c1-5-6-7-8-9-10-11-12-13-18-26(31-30)24-16-14-15-17-25(24)28(29)27-22(3)19-21(2)20-23(27)4/h14-17,19-20,26H,5-13,18H2,1-4H3. The molecule has 2 aromatic rings. The van der Waals surface area contributed by atoms with Gasteiger partial charge in [0.2, 0.25) is 0 Å². The number of carbonyl (C=O) groups excluding carboxylic acids is 1. The van der Waals surface area contributed by atoms with Gasteiger partial charge in [0.1, 0.15) is 0 Å². The van der Waals surface area contributed by atoms with Crippen LogP contribution in [0.1, 0.15) is 115 Å². The average Bonchev–Trinajstić information content (AvgIpc) is 2.74. The lowest BCUT2D eigenvalue weighted by molar-refractivity contribution is 0.103. The minimum atomic E-state index is -0.115. The molecular formula is C28H39O2P. The first kappa shape index (κ1) is 25.5. The van der Waals surface area contributed by atoms with Crippen LogP contribution in [0.25, 0.3) is 0 Å². The summed E-state index contributed by atoms with van der Waals surface area (Å²) in [5.41, 5.74) is 5.46. The van der Waals surface area contributed by atoms with Crippen molar-refractivity contribution in [3.63, 3.8) is 0 Å². The normalized spacial score (nSPS) is 12.3. The zero-order valence-corrected chi connectivity index (χ0v) is 20.8. The zero-order valence-electron chi connectivity index (χ0n) is 19.9. The van der Waals surface area contributed by atoms with Crippen molar-refractivity contribution in [2.24, 2.45) is 0 Å². The molecule has 168 valence electrons. The van der Waals surface area contributed by atoms with E-state index in [9.17, 15) is 9.36 Å². The molecule has 1 unspecified atom stereocenters. The van der Waals surface area contributed by atoms with Gasteiger partial charge in [0.05, 0.1) is 5.66 Å². The third-order valence-electron chi connectivity index (χ3n) is 6.18. The third-order valence-corrected chi connectivity index (χ3v) is 6.97. The highest BCUT2D eigenvalue weighted by Crippen LogP contribution is 2.36. The van der Waals surface area contributed by atoms with Crippen LogP contribution in [0.2, 0.25) is 0 Å². The predicted octanol–water partition coefficient (Wildman–Crippen LogP) is 9.10. The Morgan fingerprint density at radius 2 is 1.39 bits per heavy atom. The SMILES string of the molecule is CCCCCCCCCCCC(P=O)c1ccccc1C(=O)c1c(C)cc(C)cc1C. The fraction of sp³-hybridized carbons (Fsp3) is 0.536. The summed E-state index contributed by atoms with van der Waals surface area (Å²) in [7, 11) is 0.106. The molecule has 0 N–H and O–H groups in total. The molecule has 0 saturated heterocycles. The lowest BCUT2D eigenvalue weighted by atomic mass is 9.89. The predicted molar refractivity (Wildman–Crippen MR) is 133 cm³/mol. The van der Waals surface area contributed by atoms with Crippen LogP contribution in [0.5, 0.6) is 0 Å². The first-order chi connectivity index (χ1) is 15.0. The number of carbonyl (C=O) groups is 1. The van der Waals surface area contributed by atoms with Gasteiger partial charge in [-0.1, -0.05) is 107 Å². The van der Waals surface area contributed by atoms with Crippen LogP contribution in [0.15, 0.2) is 36.4 Å². The molecule has 0 fully saturated rings. The molecule has 0 heterocycles. The Hall–Kier alpha value is -1.79. The Labute approximate surface area is 191 Å². The van der Waals surface area contributed by atoms with E-state index in [2.05, 4.69) is 26.0 Å². The highest BCUT2D eigenvalue weighted by Gasteiger charge is 2.22. The van der Waals surface area contributed by atoms with Gasteiger partial charge in [-0.15, -0.1) is 0 Å². The molecule has 0 aromatic heterocycles. The van der Waals surface area contributed by atoms with Gasteiger partial charge in [-0.3, -0.25) is 9.36 Å². The van der Waals surface area contributed by atoms with E-state index in [1.807, 2.05) is 38.1 Å². The van der Waals surface area contributed by atoms with Crippen LogP contribution < -0.4 is 0 Å². The number of aryl methyl sites for hydroxylation is 3. The highest BCUT2D eigenvalue weighted by molar-refractivity contribution is 7.24. The smallest absolute Gasteiger partial charge is 0.193 e. The second-order valence-corrected chi connectivity index (χ2v) is 9.76. The lowest BCUT2D eigenvalue weighted by Gasteiger charge is -2.16. The van der Waals surface area contributed by atoms with Gasteiger partial charge < -0.3 is 0 Å². The van der Waals surface area contributed by atoms with Crippen molar-refractivity contribution in [2.75, 3.05) is 0 Å². The van der Waals surface area contributed by atoms with Crippen molar-refractivity contribution in [2.45, 2.75) is 97.6 Å². The second-order valence-electron chi connectivity index (χ2n) is 8.93. The van der Waals surface area contributed by atoms with Gasteiger partial charge >= 0.3 is 0 Å². The quantitative estimate of drug-likeness (QED) is 0.167. The minimum absolute atomic E-state index is 0.0475. The number of rotatable bonds is 14. The molecule has 0 radical (unpaired) electrons. The van der Waals surface area contributed by atoms with Gasteiger partial charge in [-0.05, 0) is 43.9 Å². The molecule has 0 aliphatic heterocycles. The molecule has 3 heteroatoms. The first-order valence-corrected chi connectivity index (χ1v) is 12.9. The van der Waals surface area contributed by atoms with E-state index < -0.39 is 0 Å².